The summed E-state index contributed by atoms with van der Waals surface area (Å²) in [5.74, 6) is -1.40. The minimum absolute atomic E-state index is 0.0219. The van der Waals surface area contributed by atoms with Crippen LogP contribution in [0.2, 0.25) is 5.02 Å². The highest BCUT2D eigenvalue weighted by Gasteiger charge is 2.52. The first kappa shape index (κ1) is 30.6. The molecule has 40 heavy (non-hydrogen) atoms. The van der Waals surface area contributed by atoms with Gasteiger partial charge in [0.05, 0.1) is 25.1 Å². The van der Waals surface area contributed by atoms with E-state index in [1.807, 2.05) is 0 Å². The van der Waals surface area contributed by atoms with Gasteiger partial charge in [0.15, 0.2) is 5.76 Å². The fraction of sp³-hybridized carbons (Fsp3) is 0.321. The van der Waals surface area contributed by atoms with Crippen LogP contribution in [0.4, 0.5) is 24.5 Å². The van der Waals surface area contributed by atoms with Crippen molar-refractivity contribution in [2.45, 2.75) is 51.4 Å². The highest BCUT2D eigenvalue weighted by molar-refractivity contribution is 6.30. The minimum Gasteiger partial charge on any atom is -0.497 e. The number of halogens is 4. The molecule has 3 aromatic rings. The third kappa shape index (κ3) is 6.77. The molecule has 2 N–H and O–H groups in total. The highest BCUT2D eigenvalue weighted by Crippen LogP contribution is 2.48. The van der Waals surface area contributed by atoms with Gasteiger partial charge < -0.3 is 19.8 Å². The van der Waals surface area contributed by atoms with Crippen molar-refractivity contribution < 1.29 is 36.7 Å². The van der Waals surface area contributed by atoms with Crippen molar-refractivity contribution in [3.63, 3.8) is 0 Å². The molecule has 4 rings (SSSR count). The molecule has 1 aliphatic heterocycles. The minimum atomic E-state index is -4.78. The third-order valence-electron chi connectivity index (χ3n) is 6.28. The van der Waals surface area contributed by atoms with Crippen molar-refractivity contribution >= 4 is 40.7 Å². The van der Waals surface area contributed by atoms with Crippen molar-refractivity contribution in [3.8, 4) is 5.75 Å². The van der Waals surface area contributed by atoms with E-state index >= 15 is 0 Å². The maximum atomic E-state index is 14.4. The topological polar surface area (TPSA) is 106 Å². The van der Waals surface area contributed by atoms with E-state index in [1.165, 1.54) is 42.5 Å². The summed E-state index contributed by atoms with van der Waals surface area (Å²) in [4.78, 5) is 37.9. The second kappa shape index (κ2) is 12.9. The summed E-state index contributed by atoms with van der Waals surface area (Å²) in [5, 5.41) is 0.423. The van der Waals surface area contributed by atoms with E-state index in [0.717, 1.165) is 0 Å². The summed E-state index contributed by atoms with van der Waals surface area (Å²) in [7, 11) is 1.43. The van der Waals surface area contributed by atoms with Crippen LogP contribution in [-0.4, -0.2) is 37.0 Å². The second-order valence-corrected chi connectivity index (χ2v) is 9.24. The fourth-order valence-corrected chi connectivity index (χ4v) is 4.45. The number of fused-ring (bicyclic) bond motifs is 1. The number of primary amides is 1. The van der Waals surface area contributed by atoms with E-state index < -0.39 is 30.6 Å². The summed E-state index contributed by atoms with van der Waals surface area (Å²) < 4.78 is 53.7. The Hall–Kier alpha value is -3.99. The standard InChI is InChI=1S/C25H22ClF3N2O4.C3H7NO/c1-3-23(32)30(16-8-6-15(26)7-9-16)20-14-22(25(27,28)29)31(24(33)21-5-4-12-35-21)19-11-10-17(34-2)13-18(19)20;1-2-3(4)5/h4-13,20,22H,3,14H2,1-2H3;2H2,1H3,(H2,4,5). The van der Waals surface area contributed by atoms with E-state index in [9.17, 15) is 27.6 Å². The lowest BCUT2D eigenvalue weighted by Crippen LogP contribution is -2.54. The first-order chi connectivity index (χ1) is 18.9. The van der Waals surface area contributed by atoms with Gasteiger partial charge in [-0.25, -0.2) is 0 Å². The number of furan rings is 1. The molecule has 2 aromatic carbocycles. The normalized spacial score (nSPS) is 16.3. The Morgan fingerprint density at radius 3 is 2.25 bits per heavy atom. The smallest absolute Gasteiger partial charge is 0.409 e. The van der Waals surface area contributed by atoms with Crippen LogP contribution in [0.5, 0.6) is 5.75 Å². The maximum absolute atomic E-state index is 14.4. The zero-order valence-electron chi connectivity index (χ0n) is 22.1. The van der Waals surface area contributed by atoms with Crippen LogP contribution in [0.3, 0.4) is 0 Å². The Morgan fingerprint density at radius 2 is 1.75 bits per heavy atom. The lowest BCUT2D eigenvalue weighted by molar-refractivity contribution is -0.151. The van der Waals surface area contributed by atoms with Crippen LogP contribution in [0.1, 0.15) is 55.3 Å². The number of ether oxygens (including phenoxy) is 1. The zero-order chi connectivity index (χ0) is 29.6. The van der Waals surface area contributed by atoms with E-state index in [1.54, 1.807) is 44.2 Å². The van der Waals surface area contributed by atoms with Crippen LogP contribution in [0, 0.1) is 0 Å². The van der Waals surface area contributed by atoms with Crippen molar-refractivity contribution in [1.82, 2.24) is 0 Å². The predicted molar refractivity (Wildman–Crippen MR) is 144 cm³/mol. The van der Waals surface area contributed by atoms with Gasteiger partial charge in [-0.3, -0.25) is 19.3 Å². The van der Waals surface area contributed by atoms with Crippen molar-refractivity contribution in [3.05, 3.63) is 77.2 Å². The quantitative estimate of drug-likeness (QED) is 0.369. The van der Waals surface area contributed by atoms with Gasteiger partial charge in [-0.05, 0) is 54.6 Å². The second-order valence-electron chi connectivity index (χ2n) is 8.80. The first-order valence-electron chi connectivity index (χ1n) is 12.4. The summed E-state index contributed by atoms with van der Waals surface area (Å²) in [5.41, 5.74) is 5.42. The Labute approximate surface area is 234 Å². The van der Waals surface area contributed by atoms with Crippen LogP contribution >= 0.6 is 11.6 Å². The molecule has 1 aliphatic rings. The fourth-order valence-electron chi connectivity index (χ4n) is 4.32. The molecule has 0 saturated carbocycles. The number of methoxy groups -OCH3 is 1. The average molecular weight is 580 g/mol. The van der Waals surface area contributed by atoms with E-state index in [4.69, 9.17) is 20.8 Å². The molecule has 12 heteroatoms. The van der Waals surface area contributed by atoms with Crippen molar-refractivity contribution in [1.29, 1.82) is 0 Å². The number of amides is 3. The first-order valence-corrected chi connectivity index (χ1v) is 12.8. The molecule has 2 atom stereocenters. The van der Waals surface area contributed by atoms with Crippen molar-refractivity contribution in [2.75, 3.05) is 16.9 Å². The number of nitrogens with two attached hydrogens (primary N) is 1. The number of carbonyl (C=O) groups excluding carboxylic acids is 3. The van der Waals surface area contributed by atoms with Crippen molar-refractivity contribution in [2.24, 2.45) is 5.73 Å². The van der Waals surface area contributed by atoms with E-state index in [0.29, 0.717) is 33.3 Å². The molecule has 214 valence electrons. The van der Waals surface area contributed by atoms with Crippen LogP contribution in [-0.2, 0) is 9.59 Å². The number of carbonyl (C=O) groups is 3. The Balaban J connectivity index is 0.000000810. The molecule has 0 radical (unpaired) electrons. The van der Waals surface area contributed by atoms with Gasteiger partial charge in [0.1, 0.15) is 11.8 Å². The SMILES string of the molecule is CCC(=O)N(c1ccc(Cl)cc1)C1CC(C(F)(F)F)N(C(=O)c2ccco2)c2ccc(OC)cc21.CCC(N)=O. The highest BCUT2D eigenvalue weighted by atomic mass is 35.5. The molecule has 3 amide bonds. The Morgan fingerprint density at radius 1 is 1.10 bits per heavy atom. The molecule has 0 spiro atoms. The zero-order valence-corrected chi connectivity index (χ0v) is 22.8. The third-order valence-corrected chi connectivity index (χ3v) is 6.53. The number of alkyl halides is 3. The number of benzene rings is 2. The molecule has 8 nitrogen and oxygen atoms in total. The Bertz CT molecular complexity index is 1330. The van der Waals surface area contributed by atoms with Gasteiger partial charge in [-0.2, -0.15) is 13.2 Å². The number of hydrogen-bond donors (Lipinski definition) is 1. The van der Waals surface area contributed by atoms with Gasteiger partial charge in [-0.1, -0.05) is 25.4 Å². The summed E-state index contributed by atoms with van der Waals surface area (Å²) >= 11 is 6.00. The van der Waals surface area contributed by atoms with E-state index in [-0.39, 0.29) is 29.7 Å². The summed E-state index contributed by atoms with van der Waals surface area (Å²) in [6, 6.07) is 10.2. The molecule has 0 aliphatic carbocycles. The molecule has 0 bridgehead atoms. The molecule has 0 fully saturated rings. The largest absolute Gasteiger partial charge is 0.497 e. The molecule has 2 unspecified atom stereocenters. The van der Waals surface area contributed by atoms with Gasteiger partial charge >= 0.3 is 6.18 Å². The Kier molecular flexibility index (Phi) is 9.86. The van der Waals surface area contributed by atoms with Crippen LogP contribution in [0.25, 0.3) is 0 Å². The van der Waals surface area contributed by atoms with E-state index in [2.05, 4.69) is 5.73 Å². The van der Waals surface area contributed by atoms with Crippen LogP contribution in [0.15, 0.2) is 65.3 Å². The summed E-state index contributed by atoms with van der Waals surface area (Å²) in [6.07, 6.45) is -3.63. The van der Waals surface area contributed by atoms with Gasteiger partial charge in [0.2, 0.25) is 11.8 Å². The van der Waals surface area contributed by atoms with Crippen LogP contribution < -0.4 is 20.3 Å². The molecule has 0 saturated heterocycles. The molecular formula is C28H29ClF3N3O5. The van der Waals surface area contributed by atoms with Gasteiger partial charge in [0, 0.05) is 35.5 Å². The number of rotatable bonds is 6. The molecule has 1 aromatic heterocycles. The summed E-state index contributed by atoms with van der Waals surface area (Å²) in [6.45, 7) is 3.36. The average Bonchev–Trinajstić information content (AvgIpc) is 3.48. The number of anilines is 2. The van der Waals surface area contributed by atoms with Gasteiger partial charge in [0.25, 0.3) is 5.91 Å². The molecule has 2 heterocycles. The lowest BCUT2D eigenvalue weighted by Gasteiger charge is -2.44. The maximum Gasteiger partial charge on any atom is 0.409 e. The number of hydrogen-bond acceptors (Lipinski definition) is 5. The lowest BCUT2D eigenvalue weighted by atomic mass is 9.88. The number of nitrogens with zero attached hydrogens (tertiary/aromatic N) is 2. The molecular weight excluding hydrogens is 551 g/mol. The predicted octanol–water partition coefficient (Wildman–Crippen LogP) is 6.29. The monoisotopic (exact) mass is 579 g/mol. The van der Waals surface area contributed by atoms with Gasteiger partial charge in [-0.15, -0.1) is 0 Å².